The molecule has 1 aliphatic rings. The minimum Gasteiger partial charge on any atom is -0.348 e. The van der Waals surface area contributed by atoms with Crippen molar-refractivity contribution in [1.29, 1.82) is 0 Å². The van der Waals surface area contributed by atoms with Crippen LogP contribution in [0.5, 0.6) is 0 Å². The molecule has 0 radical (unpaired) electrons. The lowest BCUT2D eigenvalue weighted by molar-refractivity contribution is 0.0957. The molecule has 0 spiro atoms. The summed E-state index contributed by atoms with van der Waals surface area (Å²) in [6.45, 7) is 9.71. The minimum absolute atomic E-state index is 0.108. The van der Waals surface area contributed by atoms with Gasteiger partial charge in [-0.1, -0.05) is 19.6 Å². The van der Waals surface area contributed by atoms with Crippen LogP contribution in [0.2, 0.25) is 0 Å². The number of allylic oxidation sites excluding steroid dienone is 1. The first-order valence-corrected chi connectivity index (χ1v) is 7.94. The Kier molecular flexibility index (Phi) is 5.90. The van der Waals surface area contributed by atoms with Crippen molar-refractivity contribution in [3.63, 3.8) is 0 Å². The summed E-state index contributed by atoms with van der Waals surface area (Å²) in [6, 6.07) is 4.02. The molecule has 2 heterocycles. The van der Waals surface area contributed by atoms with Gasteiger partial charge in [-0.15, -0.1) is 0 Å². The first-order valence-electron chi connectivity index (χ1n) is 7.94. The van der Waals surface area contributed by atoms with Crippen molar-refractivity contribution in [3.05, 3.63) is 53.4 Å². The van der Waals surface area contributed by atoms with Gasteiger partial charge in [0.05, 0.1) is 5.56 Å². The van der Waals surface area contributed by atoms with Gasteiger partial charge < -0.3 is 10.6 Å². The minimum atomic E-state index is -0.108. The molecule has 0 aliphatic carbocycles. The summed E-state index contributed by atoms with van der Waals surface area (Å²) in [5.74, 6) is -0.108. The van der Waals surface area contributed by atoms with E-state index >= 15 is 0 Å². The molecule has 1 fully saturated rings. The highest BCUT2D eigenvalue weighted by molar-refractivity contribution is 5.94. The smallest absolute Gasteiger partial charge is 0.253 e. The summed E-state index contributed by atoms with van der Waals surface area (Å²) >= 11 is 0. The van der Waals surface area contributed by atoms with Crippen LogP contribution in [0.4, 0.5) is 0 Å². The molecule has 1 aromatic heterocycles. The molecule has 4 heteroatoms. The largest absolute Gasteiger partial charge is 0.348 e. The van der Waals surface area contributed by atoms with Gasteiger partial charge in [0, 0.05) is 24.5 Å². The Labute approximate surface area is 132 Å². The Bertz CT molecular complexity index is 554. The maximum absolute atomic E-state index is 12.1. The predicted octanol–water partition coefficient (Wildman–Crippen LogP) is 2.76. The number of rotatable bonds is 6. The Morgan fingerprint density at radius 2 is 2.36 bits per heavy atom. The lowest BCUT2D eigenvalue weighted by atomic mass is 9.97. The number of hydrogen-bond acceptors (Lipinski definition) is 3. The number of aromatic nitrogens is 1. The number of carbonyl (C=O) groups excluding carboxylic acids is 1. The van der Waals surface area contributed by atoms with E-state index in [1.807, 2.05) is 13.0 Å². The average Bonchev–Trinajstić information content (AvgIpc) is 3.04. The first kappa shape index (κ1) is 16.4. The standard InChI is InChI=1S/C18H25N3O/c1-4-6-16(17-7-5-10-19-17)13(2)11-21-18(22)15-9-8-14(3)20-12-15/h6,8-9,12,17,19H,2,4-5,7,10-11H2,1,3H3,(H,21,22)/b16-6+/t17-/m0/s1. The fourth-order valence-electron chi connectivity index (χ4n) is 2.70. The van der Waals surface area contributed by atoms with Crippen molar-refractivity contribution < 1.29 is 4.79 Å². The Morgan fingerprint density at radius 1 is 1.55 bits per heavy atom. The summed E-state index contributed by atoms with van der Waals surface area (Å²) in [6.07, 6.45) is 7.13. The third kappa shape index (κ3) is 4.28. The fourth-order valence-corrected chi connectivity index (χ4v) is 2.70. The van der Waals surface area contributed by atoms with Crippen molar-refractivity contribution in [3.8, 4) is 0 Å². The van der Waals surface area contributed by atoms with E-state index in [0.717, 1.165) is 30.7 Å². The molecule has 4 nitrogen and oxygen atoms in total. The molecule has 0 saturated carbocycles. The zero-order valence-electron chi connectivity index (χ0n) is 13.5. The second-order valence-corrected chi connectivity index (χ2v) is 5.69. The van der Waals surface area contributed by atoms with E-state index in [2.05, 4.69) is 35.2 Å². The van der Waals surface area contributed by atoms with Crippen LogP contribution in [0.1, 0.15) is 42.2 Å². The highest BCUT2D eigenvalue weighted by Gasteiger charge is 2.20. The highest BCUT2D eigenvalue weighted by Crippen LogP contribution is 2.20. The number of nitrogens with one attached hydrogen (secondary N) is 2. The van der Waals surface area contributed by atoms with Gasteiger partial charge in [-0.25, -0.2) is 0 Å². The predicted molar refractivity (Wildman–Crippen MR) is 89.8 cm³/mol. The second kappa shape index (κ2) is 7.90. The van der Waals surface area contributed by atoms with Crippen LogP contribution in [-0.2, 0) is 0 Å². The van der Waals surface area contributed by atoms with Crippen LogP contribution < -0.4 is 10.6 Å². The van der Waals surface area contributed by atoms with Gasteiger partial charge in [0.1, 0.15) is 0 Å². The van der Waals surface area contributed by atoms with Crippen LogP contribution in [0.3, 0.4) is 0 Å². The molecule has 1 atom stereocenters. The van der Waals surface area contributed by atoms with E-state index in [-0.39, 0.29) is 5.91 Å². The molecular formula is C18H25N3O. The average molecular weight is 299 g/mol. The molecule has 1 amide bonds. The molecule has 118 valence electrons. The Balaban J connectivity index is 1.94. The van der Waals surface area contributed by atoms with Gasteiger partial charge in [0.15, 0.2) is 0 Å². The van der Waals surface area contributed by atoms with E-state index < -0.39 is 0 Å². The molecule has 1 saturated heterocycles. The molecule has 0 unspecified atom stereocenters. The van der Waals surface area contributed by atoms with E-state index in [9.17, 15) is 4.79 Å². The van der Waals surface area contributed by atoms with Gasteiger partial charge in [-0.3, -0.25) is 9.78 Å². The molecular weight excluding hydrogens is 274 g/mol. The second-order valence-electron chi connectivity index (χ2n) is 5.69. The number of nitrogens with zero attached hydrogens (tertiary/aromatic N) is 1. The third-order valence-electron chi connectivity index (χ3n) is 3.90. The number of pyridine rings is 1. The lowest BCUT2D eigenvalue weighted by Gasteiger charge is -2.18. The van der Waals surface area contributed by atoms with Gasteiger partial charge in [-0.2, -0.15) is 0 Å². The van der Waals surface area contributed by atoms with Crippen LogP contribution in [0.15, 0.2) is 42.1 Å². The quantitative estimate of drug-likeness (QED) is 0.794. The number of aryl methyl sites for hydroxylation is 1. The van der Waals surface area contributed by atoms with Crippen molar-refractivity contribution in [2.24, 2.45) is 0 Å². The van der Waals surface area contributed by atoms with Crippen LogP contribution >= 0.6 is 0 Å². The van der Waals surface area contributed by atoms with Crippen LogP contribution in [-0.4, -0.2) is 30.0 Å². The maximum atomic E-state index is 12.1. The fraction of sp³-hybridized carbons (Fsp3) is 0.444. The molecule has 22 heavy (non-hydrogen) atoms. The van der Waals surface area contributed by atoms with Gasteiger partial charge >= 0.3 is 0 Å². The summed E-state index contributed by atoms with van der Waals surface area (Å²) in [7, 11) is 0. The SMILES string of the molecule is C=C(CNC(=O)c1ccc(C)nc1)/C(=C\CC)[C@@H]1CCCN1. The van der Waals surface area contributed by atoms with Crippen LogP contribution in [0.25, 0.3) is 0 Å². The van der Waals surface area contributed by atoms with Gasteiger partial charge in [0.25, 0.3) is 5.91 Å². The third-order valence-corrected chi connectivity index (χ3v) is 3.90. The van der Waals surface area contributed by atoms with Crippen molar-refractivity contribution in [2.45, 2.75) is 39.2 Å². The summed E-state index contributed by atoms with van der Waals surface area (Å²) in [5, 5.41) is 6.43. The summed E-state index contributed by atoms with van der Waals surface area (Å²) in [4.78, 5) is 16.3. The number of amides is 1. The van der Waals surface area contributed by atoms with E-state index in [1.54, 1.807) is 12.3 Å². The molecule has 0 bridgehead atoms. The molecule has 1 aliphatic heterocycles. The lowest BCUT2D eigenvalue weighted by Crippen LogP contribution is -2.30. The molecule has 2 rings (SSSR count). The molecule has 0 aromatic carbocycles. The first-order chi connectivity index (χ1) is 10.6. The monoisotopic (exact) mass is 299 g/mol. The summed E-state index contributed by atoms with van der Waals surface area (Å²) < 4.78 is 0. The zero-order valence-corrected chi connectivity index (χ0v) is 13.5. The highest BCUT2D eigenvalue weighted by atomic mass is 16.1. The van der Waals surface area contributed by atoms with Crippen molar-refractivity contribution in [1.82, 2.24) is 15.6 Å². The van der Waals surface area contributed by atoms with E-state index in [1.165, 1.54) is 12.0 Å². The molecule has 2 N–H and O–H groups in total. The number of carbonyl (C=O) groups is 1. The number of hydrogen-bond donors (Lipinski definition) is 2. The molecule has 1 aromatic rings. The topological polar surface area (TPSA) is 54.0 Å². The zero-order chi connectivity index (χ0) is 15.9. The van der Waals surface area contributed by atoms with Gasteiger partial charge in [0.2, 0.25) is 0 Å². The van der Waals surface area contributed by atoms with Crippen molar-refractivity contribution in [2.75, 3.05) is 13.1 Å². The Hall–Kier alpha value is -1.94. The van der Waals surface area contributed by atoms with Crippen LogP contribution in [0, 0.1) is 6.92 Å². The van der Waals surface area contributed by atoms with Gasteiger partial charge in [-0.05, 0) is 56.0 Å². The van der Waals surface area contributed by atoms with Crippen molar-refractivity contribution >= 4 is 5.91 Å². The Morgan fingerprint density at radius 3 is 2.95 bits per heavy atom. The van der Waals surface area contributed by atoms with E-state index in [0.29, 0.717) is 18.2 Å². The normalized spacial score (nSPS) is 18.3. The maximum Gasteiger partial charge on any atom is 0.253 e. The summed E-state index contributed by atoms with van der Waals surface area (Å²) in [5.41, 5.74) is 3.71. The van der Waals surface area contributed by atoms with E-state index in [4.69, 9.17) is 0 Å².